The van der Waals surface area contributed by atoms with Crippen LogP contribution in [-0.4, -0.2) is 59.8 Å². The van der Waals surface area contributed by atoms with Crippen molar-refractivity contribution in [1.82, 2.24) is 10.6 Å². The summed E-state index contributed by atoms with van der Waals surface area (Å²) in [5, 5.41) is 13.7. The van der Waals surface area contributed by atoms with Crippen LogP contribution >= 0.6 is 12.6 Å². The second kappa shape index (κ2) is 11.7. The third kappa shape index (κ3) is 9.30. The molecule has 9 nitrogen and oxygen atoms in total. The van der Waals surface area contributed by atoms with Gasteiger partial charge in [-0.2, -0.15) is 12.6 Å². The molecule has 0 aromatic heterocycles. The second-order valence-corrected chi connectivity index (χ2v) is 6.36. The minimum absolute atomic E-state index is 0.0667. The van der Waals surface area contributed by atoms with Crippen LogP contribution in [0.25, 0.3) is 0 Å². The molecule has 0 radical (unpaired) electrons. The number of hydrogen-bond acceptors (Lipinski definition) is 7. The lowest BCUT2D eigenvalue weighted by molar-refractivity contribution is -0.146. The van der Waals surface area contributed by atoms with Crippen molar-refractivity contribution < 1.29 is 29.0 Å². The number of thiol groups is 1. The van der Waals surface area contributed by atoms with Gasteiger partial charge in [0.25, 0.3) is 0 Å². The number of rotatable bonds is 11. The number of nitrogens with two attached hydrogens (primary N) is 1. The van der Waals surface area contributed by atoms with Crippen molar-refractivity contribution >= 4 is 36.4 Å². The first-order valence-electron chi connectivity index (χ1n) is 7.89. The molecule has 25 heavy (non-hydrogen) atoms. The Balaban J connectivity index is 5.11. The van der Waals surface area contributed by atoms with E-state index in [2.05, 4.69) is 28.0 Å². The smallest absolute Gasteiger partial charge is 0.328 e. The van der Waals surface area contributed by atoms with E-state index in [-0.39, 0.29) is 24.5 Å². The lowest BCUT2D eigenvalue weighted by atomic mass is 10.0. The molecule has 0 aliphatic heterocycles. The number of esters is 1. The maximum Gasteiger partial charge on any atom is 0.328 e. The Morgan fingerprint density at radius 2 is 1.68 bits per heavy atom. The number of carboxylic acids is 1. The predicted molar refractivity (Wildman–Crippen MR) is 94.0 cm³/mol. The van der Waals surface area contributed by atoms with Gasteiger partial charge in [-0.15, -0.1) is 0 Å². The summed E-state index contributed by atoms with van der Waals surface area (Å²) in [6.45, 7) is 3.75. The van der Waals surface area contributed by atoms with Crippen LogP contribution in [0.3, 0.4) is 0 Å². The van der Waals surface area contributed by atoms with Crippen LogP contribution in [0.2, 0.25) is 0 Å². The monoisotopic (exact) mass is 377 g/mol. The molecule has 0 aliphatic carbocycles. The molecule has 0 saturated heterocycles. The van der Waals surface area contributed by atoms with Crippen LogP contribution in [0.1, 0.15) is 33.1 Å². The standard InChI is InChI=1S/C15H27N3O6S/c1-8(2)6-11(15(23)24-3)18-14(22)10(4-5-12(19)20)17-13(21)9(16)7-25/h8-11,25H,4-7,16H2,1-3H3,(H,17,21)(H,18,22)(H,19,20)/t9-,10-,11-/m0/s1. The number of carboxylic acid groups (broad SMARTS) is 1. The fraction of sp³-hybridized carbons (Fsp3) is 0.733. The van der Waals surface area contributed by atoms with E-state index in [0.29, 0.717) is 6.42 Å². The van der Waals surface area contributed by atoms with Gasteiger partial charge in [0, 0.05) is 12.2 Å². The zero-order chi connectivity index (χ0) is 19.6. The number of ether oxygens (including phenoxy) is 1. The fourth-order valence-electron chi connectivity index (χ4n) is 2.00. The molecule has 0 rings (SSSR count). The van der Waals surface area contributed by atoms with Crippen LogP contribution in [0, 0.1) is 5.92 Å². The highest BCUT2D eigenvalue weighted by Crippen LogP contribution is 2.08. The Labute approximate surface area is 152 Å². The largest absolute Gasteiger partial charge is 0.481 e. The first-order chi connectivity index (χ1) is 11.6. The number of methoxy groups -OCH3 is 1. The molecule has 10 heteroatoms. The third-order valence-corrected chi connectivity index (χ3v) is 3.72. The van der Waals surface area contributed by atoms with E-state index in [4.69, 9.17) is 10.8 Å². The Hall–Kier alpha value is -1.81. The van der Waals surface area contributed by atoms with Crippen molar-refractivity contribution in [3.05, 3.63) is 0 Å². The number of hydrogen-bond donors (Lipinski definition) is 5. The van der Waals surface area contributed by atoms with Crippen molar-refractivity contribution in [1.29, 1.82) is 0 Å². The molecular weight excluding hydrogens is 350 g/mol. The van der Waals surface area contributed by atoms with E-state index in [1.165, 1.54) is 7.11 Å². The van der Waals surface area contributed by atoms with Gasteiger partial charge in [-0.3, -0.25) is 14.4 Å². The van der Waals surface area contributed by atoms with Crippen LogP contribution in [0.5, 0.6) is 0 Å². The number of aliphatic carboxylic acids is 1. The van der Waals surface area contributed by atoms with Crippen molar-refractivity contribution in [3.8, 4) is 0 Å². The van der Waals surface area contributed by atoms with Crippen LogP contribution < -0.4 is 16.4 Å². The SMILES string of the molecule is COC(=O)[C@H](CC(C)C)NC(=O)[C@H](CCC(=O)O)NC(=O)[C@@H](N)CS. The average Bonchev–Trinajstić information content (AvgIpc) is 2.55. The maximum absolute atomic E-state index is 12.4. The van der Waals surface area contributed by atoms with Gasteiger partial charge in [0.05, 0.1) is 13.2 Å². The first kappa shape index (κ1) is 23.2. The summed E-state index contributed by atoms with van der Waals surface area (Å²) in [4.78, 5) is 46.9. The van der Waals surface area contributed by atoms with Gasteiger partial charge < -0.3 is 26.2 Å². The molecular formula is C15H27N3O6S. The number of nitrogens with one attached hydrogen (secondary N) is 2. The zero-order valence-corrected chi connectivity index (χ0v) is 15.5. The third-order valence-electron chi connectivity index (χ3n) is 3.32. The second-order valence-electron chi connectivity index (χ2n) is 6.00. The summed E-state index contributed by atoms with van der Waals surface area (Å²) < 4.78 is 4.66. The number of carbonyl (C=O) groups is 4. The van der Waals surface area contributed by atoms with Gasteiger partial charge in [-0.1, -0.05) is 13.8 Å². The van der Waals surface area contributed by atoms with Crippen molar-refractivity contribution in [2.45, 2.75) is 51.2 Å². The van der Waals surface area contributed by atoms with E-state index < -0.39 is 41.9 Å². The molecule has 0 heterocycles. The molecule has 0 bridgehead atoms. The minimum Gasteiger partial charge on any atom is -0.481 e. The normalized spacial score (nSPS) is 14.3. The highest BCUT2D eigenvalue weighted by Gasteiger charge is 2.29. The summed E-state index contributed by atoms with van der Waals surface area (Å²) in [5.41, 5.74) is 5.55. The molecule has 144 valence electrons. The lowest BCUT2D eigenvalue weighted by Crippen LogP contribution is -2.55. The van der Waals surface area contributed by atoms with E-state index in [0.717, 1.165) is 0 Å². The van der Waals surface area contributed by atoms with E-state index >= 15 is 0 Å². The quantitative estimate of drug-likeness (QED) is 0.236. The molecule has 0 aromatic carbocycles. The van der Waals surface area contributed by atoms with E-state index in [1.807, 2.05) is 13.8 Å². The van der Waals surface area contributed by atoms with Crippen LogP contribution in [0.4, 0.5) is 0 Å². The van der Waals surface area contributed by atoms with Gasteiger partial charge in [0.15, 0.2) is 0 Å². The summed E-state index contributed by atoms with van der Waals surface area (Å²) in [7, 11) is 1.21. The molecule has 0 aromatic rings. The minimum atomic E-state index is -1.13. The molecule has 5 N–H and O–H groups in total. The highest BCUT2D eigenvalue weighted by atomic mass is 32.1. The molecule has 0 unspecified atom stereocenters. The van der Waals surface area contributed by atoms with Gasteiger partial charge in [0.1, 0.15) is 12.1 Å². The zero-order valence-electron chi connectivity index (χ0n) is 14.7. The fourth-order valence-corrected chi connectivity index (χ4v) is 2.16. The maximum atomic E-state index is 12.4. The Morgan fingerprint density at radius 3 is 2.12 bits per heavy atom. The summed E-state index contributed by atoms with van der Waals surface area (Å²) in [6, 6.07) is -2.95. The summed E-state index contributed by atoms with van der Waals surface area (Å²) >= 11 is 3.90. The van der Waals surface area contributed by atoms with Gasteiger partial charge in [-0.25, -0.2) is 4.79 Å². The first-order valence-corrected chi connectivity index (χ1v) is 8.52. The Morgan fingerprint density at radius 1 is 1.12 bits per heavy atom. The van der Waals surface area contributed by atoms with E-state index in [9.17, 15) is 19.2 Å². The molecule has 0 spiro atoms. The summed E-state index contributed by atoms with van der Waals surface area (Å²) in [6.07, 6.45) is -0.127. The van der Waals surface area contributed by atoms with E-state index in [1.54, 1.807) is 0 Å². The van der Waals surface area contributed by atoms with Crippen molar-refractivity contribution in [2.24, 2.45) is 11.7 Å². The summed E-state index contributed by atoms with van der Waals surface area (Å²) in [5.74, 6) is -2.85. The molecule has 3 atom stereocenters. The van der Waals surface area contributed by atoms with Gasteiger partial charge in [0.2, 0.25) is 11.8 Å². The molecule has 2 amide bonds. The van der Waals surface area contributed by atoms with Gasteiger partial charge >= 0.3 is 11.9 Å². The molecule has 0 fully saturated rings. The van der Waals surface area contributed by atoms with Crippen LogP contribution in [0.15, 0.2) is 0 Å². The van der Waals surface area contributed by atoms with Crippen molar-refractivity contribution in [2.75, 3.05) is 12.9 Å². The number of carbonyl (C=O) groups excluding carboxylic acids is 3. The van der Waals surface area contributed by atoms with Crippen molar-refractivity contribution in [3.63, 3.8) is 0 Å². The Kier molecular flexibility index (Phi) is 10.8. The molecule has 0 aliphatic rings. The lowest BCUT2D eigenvalue weighted by Gasteiger charge is -2.23. The Bertz CT molecular complexity index is 486. The molecule has 0 saturated carbocycles. The average molecular weight is 377 g/mol. The van der Waals surface area contributed by atoms with Crippen LogP contribution in [-0.2, 0) is 23.9 Å². The predicted octanol–water partition coefficient (Wildman–Crippen LogP) is -0.703. The topological polar surface area (TPSA) is 148 Å². The van der Waals surface area contributed by atoms with Gasteiger partial charge in [-0.05, 0) is 18.8 Å². The number of amides is 2. The highest BCUT2D eigenvalue weighted by molar-refractivity contribution is 7.80.